The number of sulfone groups is 1. The summed E-state index contributed by atoms with van der Waals surface area (Å²) in [6, 6.07) is 12.3. The summed E-state index contributed by atoms with van der Waals surface area (Å²) >= 11 is 11.6. The van der Waals surface area contributed by atoms with Gasteiger partial charge in [0.05, 0.1) is 16.1 Å². The first-order chi connectivity index (χ1) is 10.8. The SMILES string of the molecule is O=C(O)[C@H]1[C@@H](c2ccc(Cl)cc2)[C@@H]1S(=O)(=O)c1ccc(Cl)cc1. The molecule has 2 aromatic carbocycles. The molecule has 1 aliphatic rings. The predicted octanol–water partition coefficient (Wildman–Crippen LogP) is 3.63. The number of hydrogen-bond acceptors (Lipinski definition) is 3. The second-order valence-corrected chi connectivity index (χ2v) is 8.38. The van der Waals surface area contributed by atoms with E-state index in [1.54, 1.807) is 24.3 Å². The van der Waals surface area contributed by atoms with Crippen LogP contribution in [0.4, 0.5) is 0 Å². The van der Waals surface area contributed by atoms with Gasteiger partial charge in [-0.05, 0) is 42.0 Å². The van der Waals surface area contributed by atoms with Crippen LogP contribution in [0.15, 0.2) is 53.4 Å². The van der Waals surface area contributed by atoms with Gasteiger partial charge in [-0.15, -0.1) is 0 Å². The van der Waals surface area contributed by atoms with Crippen LogP contribution < -0.4 is 0 Å². The Balaban J connectivity index is 1.98. The van der Waals surface area contributed by atoms with Crippen molar-refractivity contribution in [2.75, 3.05) is 0 Å². The highest BCUT2D eigenvalue weighted by molar-refractivity contribution is 7.92. The van der Waals surface area contributed by atoms with Crippen molar-refractivity contribution in [1.82, 2.24) is 0 Å². The minimum absolute atomic E-state index is 0.0783. The first-order valence-electron chi connectivity index (χ1n) is 6.80. The third kappa shape index (κ3) is 2.96. The molecule has 23 heavy (non-hydrogen) atoms. The van der Waals surface area contributed by atoms with Crippen molar-refractivity contribution in [2.45, 2.75) is 16.1 Å². The number of benzene rings is 2. The second-order valence-electron chi connectivity index (χ2n) is 5.40. The van der Waals surface area contributed by atoms with Crippen LogP contribution in [0.25, 0.3) is 0 Å². The van der Waals surface area contributed by atoms with Crippen molar-refractivity contribution in [3.8, 4) is 0 Å². The van der Waals surface area contributed by atoms with E-state index in [-0.39, 0.29) is 4.90 Å². The molecular formula is C16H12Cl2O4S. The second kappa shape index (κ2) is 5.82. The summed E-state index contributed by atoms with van der Waals surface area (Å²) in [6.45, 7) is 0. The summed E-state index contributed by atoms with van der Waals surface area (Å²) in [4.78, 5) is 11.5. The quantitative estimate of drug-likeness (QED) is 0.891. The normalized spacial score (nSPS) is 23.5. The highest BCUT2D eigenvalue weighted by Gasteiger charge is 2.63. The fraction of sp³-hybridized carbons (Fsp3) is 0.188. The maximum absolute atomic E-state index is 12.7. The lowest BCUT2D eigenvalue weighted by molar-refractivity contribution is -0.138. The number of carbonyl (C=O) groups is 1. The van der Waals surface area contributed by atoms with Crippen LogP contribution in [0.2, 0.25) is 10.0 Å². The fourth-order valence-electron chi connectivity index (χ4n) is 2.83. The van der Waals surface area contributed by atoms with Gasteiger partial charge in [-0.25, -0.2) is 8.42 Å². The highest BCUT2D eigenvalue weighted by Crippen LogP contribution is 2.54. The van der Waals surface area contributed by atoms with E-state index in [1.165, 1.54) is 24.3 Å². The Morgan fingerprint density at radius 3 is 1.87 bits per heavy atom. The summed E-state index contributed by atoms with van der Waals surface area (Å²) < 4.78 is 25.5. The standard InChI is InChI=1S/C16H12Cl2O4S/c17-10-3-1-9(2-4-10)13-14(16(19)20)15(13)23(21,22)12-7-5-11(18)6-8-12/h1-8,13-15H,(H,19,20)/t13-,14+,15+/m1/s1. The lowest BCUT2D eigenvalue weighted by atomic mass is 10.1. The Bertz CT molecular complexity index is 845. The fourth-order valence-corrected chi connectivity index (χ4v) is 5.20. The smallest absolute Gasteiger partial charge is 0.308 e. The zero-order valence-corrected chi connectivity index (χ0v) is 14.0. The third-order valence-corrected chi connectivity index (χ3v) is 6.73. The van der Waals surface area contributed by atoms with E-state index in [4.69, 9.17) is 23.2 Å². The number of halogens is 2. The van der Waals surface area contributed by atoms with Crippen LogP contribution in [0, 0.1) is 5.92 Å². The van der Waals surface area contributed by atoms with Gasteiger partial charge in [0.1, 0.15) is 0 Å². The van der Waals surface area contributed by atoms with Crippen molar-refractivity contribution in [1.29, 1.82) is 0 Å². The van der Waals surface area contributed by atoms with Gasteiger partial charge in [0.15, 0.2) is 9.84 Å². The predicted molar refractivity (Wildman–Crippen MR) is 87.7 cm³/mol. The molecule has 0 unspecified atom stereocenters. The first-order valence-corrected chi connectivity index (χ1v) is 9.10. The van der Waals surface area contributed by atoms with E-state index in [9.17, 15) is 18.3 Å². The van der Waals surface area contributed by atoms with E-state index >= 15 is 0 Å². The van der Waals surface area contributed by atoms with Crippen molar-refractivity contribution >= 4 is 39.0 Å². The number of carboxylic acid groups (broad SMARTS) is 1. The van der Waals surface area contributed by atoms with Crippen molar-refractivity contribution < 1.29 is 18.3 Å². The Kier molecular flexibility index (Phi) is 4.12. The number of rotatable bonds is 4. The topological polar surface area (TPSA) is 71.4 Å². The summed E-state index contributed by atoms with van der Waals surface area (Å²) in [6.07, 6.45) is 0. The van der Waals surface area contributed by atoms with Crippen molar-refractivity contribution in [3.05, 3.63) is 64.1 Å². The Labute approximate surface area is 143 Å². The maximum Gasteiger partial charge on any atom is 0.308 e. The van der Waals surface area contributed by atoms with E-state index in [0.29, 0.717) is 15.6 Å². The van der Waals surface area contributed by atoms with Crippen LogP contribution in [0.1, 0.15) is 11.5 Å². The van der Waals surface area contributed by atoms with Crippen LogP contribution in [0.3, 0.4) is 0 Å². The van der Waals surface area contributed by atoms with E-state index in [1.807, 2.05) is 0 Å². The lowest BCUT2D eigenvalue weighted by Crippen LogP contribution is -2.13. The van der Waals surface area contributed by atoms with Crippen LogP contribution in [-0.2, 0) is 14.6 Å². The molecule has 1 saturated carbocycles. The van der Waals surface area contributed by atoms with Gasteiger partial charge in [0, 0.05) is 16.0 Å². The maximum atomic E-state index is 12.7. The Hall–Kier alpha value is -1.56. The molecule has 0 radical (unpaired) electrons. The minimum Gasteiger partial charge on any atom is -0.481 e. The molecule has 7 heteroatoms. The molecule has 120 valence electrons. The van der Waals surface area contributed by atoms with Gasteiger partial charge >= 0.3 is 5.97 Å². The molecule has 1 fully saturated rings. The van der Waals surface area contributed by atoms with Crippen molar-refractivity contribution in [2.24, 2.45) is 5.92 Å². The van der Waals surface area contributed by atoms with E-state index in [2.05, 4.69) is 0 Å². The number of aliphatic carboxylic acids is 1. The molecule has 1 aliphatic carbocycles. The summed E-state index contributed by atoms with van der Waals surface area (Å²) in [5.74, 6) is -2.66. The van der Waals surface area contributed by atoms with E-state index < -0.39 is 32.9 Å². The van der Waals surface area contributed by atoms with Gasteiger partial charge in [-0.2, -0.15) is 0 Å². The largest absolute Gasteiger partial charge is 0.481 e. The van der Waals surface area contributed by atoms with Crippen LogP contribution in [0.5, 0.6) is 0 Å². The molecule has 0 saturated heterocycles. The third-order valence-electron chi connectivity index (χ3n) is 3.99. The zero-order chi connectivity index (χ0) is 16.8. The van der Waals surface area contributed by atoms with Gasteiger partial charge in [0.2, 0.25) is 0 Å². The summed E-state index contributed by atoms with van der Waals surface area (Å²) in [5, 5.41) is 9.30. The number of hydrogen-bond donors (Lipinski definition) is 1. The van der Waals surface area contributed by atoms with Crippen molar-refractivity contribution in [3.63, 3.8) is 0 Å². The first kappa shape index (κ1) is 16.3. The van der Waals surface area contributed by atoms with Crippen LogP contribution >= 0.6 is 23.2 Å². The Morgan fingerprint density at radius 1 is 0.913 bits per heavy atom. The zero-order valence-electron chi connectivity index (χ0n) is 11.7. The molecule has 0 bridgehead atoms. The molecule has 0 heterocycles. The molecule has 3 rings (SSSR count). The van der Waals surface area contributed by atoms with E-state index in [0.717, 1.165) is 0 Å². The number of carboxylic acids is 1. The molecule has 1 N–H and O–H groups in total. The average molecular weight is 371 g/mol. The molecule has 0 aromatic heterocycles. The van der Waals surface area contributed by atoms with Crippen LogP contribution in [-0.4, -0.2) is 24.7 Å². The molecule has 0 aliphatic heterocycles. The van der Waals surface area contributed by atoms with Gasteiger partial charge in [-0.1, -0.05) is 35.3 Å². The lowest BCUT2D eigenvalue weighted by Gasteiger charge is -2.04. The minimum atomic E-state index is -3.76. The van der Waals surface area contributed by atoms with Gasteiger partial charge < -0.3 is 5.11 Å². The average Bonchev–Trinajstić information content (AvgIpc) is 3.25. The molecule has 3 atom stereocenters. The summed E-state index contributed by atoms with van der Waals surface area (Å²) in [5.41, 5.74) is 0.657. The Morgan fingerprint density at radius 2 is 1.39 bits per heavy atom. The van der Waals surface area contributed by atoms with Gasteiger partial charge in [0.25, 0.3) is 0 Å². The summed E-state index contributed by atoms with van der Waals surface area (Å²) in [7, 11) is -3.76. The molecule has 4 nitrogen and oxygen atoms in total. The molecule has 0 spiro atoms. The monoisotopic (exact) mass is 370 g/mol. The molecular weight excluding hydrogens is 359 g/mol. The van der Waals surface area contributed by atoms with Gasteiger partial charge in [-0.3, -0.25) is 4.79 Å². The molecule has 0 amide bonds. The highest BCUT2D eigenvalue weighted by atomic mass is 35.5. The molecule has 2 aromatic rings.